The van der Waals surface area contributed by atoms with Gasteiger partial charge < -0.3 is 19.1 Å². The van der Waals surface area contributed by atoms with E-state index in [0.717, 1.165) is 10.6 Å². The molecule has 14 nitrogen and oxygen atoms in total. The van der Waals surface area contributed by atoms with Crippen LogP contribution in [0.4, 0.5) is 0 Å². The van der Waals surface area contributed by atoms with E-state index < -0.39 is 49.6 Å². The minimum atomic E-state index is -3.97. The highest BCUT2D eigenvalue weighted by Crippen LogP contribution is 2.48. The van der Waals surface area contributed by atoms with Gasteiger partial charge in [-0.1, -0.05) is 23.3 Å². The van der Waals surface area contributed by atoms with E-state index in [1.165, 1.54) is 13.1 Å². The number of nitrogens with one attached hydrogen (secondary N) is 2. The molecule has 2 fully saturated rings. The Balaban J connectivity index is 1.56. The number of para-hydroxylation sites is 1. The standard InChI is InChI=1S/C21H27N6O8P/c1-21(25-26-22)18(29)16(34-19(21)27-10-7-17(28)23-20(27)30)13-33-36(31,24-14-8-11-32-12-9-14)35-15-5-3-2-4-6-15/h2-7,10,14,16,18-19,29H,8-9,11-13H2,1H3,(H,24,31)(H,23,28,30)/t16-,18-,19-,21-,36?/m1/s1. The number of benzene rings is 1. The molecule has 0 amide bonds. The van der Waals surface area contributed by atoms with Crippen molar-refractivity contribution < 1.29 is 28.2 Å². The summed E-state index contributed by atoms with van der Waals surface area (Å²) in [6.45, 7) is 1.97. The third kappa shape index (κ3) is 5.71. The number of H-pyrrole nitrogens is 1. The molecule has 2 saturated heterocycles. The lowest BCUT2D eigenvalue weighted by atomic mass is 9.93. The third-order valence-electron chi connectivity index (χ3n) is 6.06. The minimum absolute atomic E-state index is 0.191. The van der Waals surface area contributed by atoms with Crippen LogP contribution in [0, 0.1) is 0 Å². The number of ether oxygens (including phenoxy) is 2. The van der Waals surface area contributed by atoms with Crippen LogP contribution in [0.5, 0.6) is 5.75 Å². The maximum absolute atomic E-state index is 13.7. The highest BCUT2D eigenvalue weighted by atomic mass is 31.2. The Kier molecular flexibility index (Phi) is 7.96. The van der Waals surface area contributed by atoms with Crippen molar-refractivity contribution in [2.24, 2.45) is 5.11 Å². The Labute approximate surface area is 205 Å². The Bertz CT molecular complexity index is 1260. The molecule has 3 heterocycles. The molecule has 2 aliphatic rings. The largest absolute Gasteiger partial charge is 0.459 e. The van der Waals surface area contributed by atoms with Gasteiger partial charge in [-0.05, 0) is 37.4 Å². The van der Waals surface area contributed by atoms with Crippen LogP contribution in [-0.4, -0.2) is 58.3 Å². The highest BCUT2D eigenvalue weighted by Gasteiger charge is 2.54. The van der Waals surface area contributed by atoms with E-state index in [2.05, 4.69) is 20.1 Å². The quantitative estimate of drug-likeness (QED) is 0.191. The number of aliphatic hydroxyl groups is 1. The zero-order valence-corrected chi connectivity index (χ0v) is 20.3. The molecule has 36 heavy (non-hydrogen) atoms. The zero-order valence-electron chi connectivity index (χ0n) is 19.4. The molecule has 0 radical (unpaired) electrons. The summed E-state index contributed by atoms with van der Waals surface area (Å²) in [6, 6.07) is 9.37. The fourth-order valence-corrected chi connectivity index (χ4v) is 5.75. The molecule has 3 N–H and O–H groups in total. The first-order valence-electron chi connectivity index (χ1n) is 11.3. The molecule has 2 aromatic rings. The van der Waals surface area contributed by atoms with Crippen molar-refractivity contribution in [1.82, 2.24) is 14.6 Å². The van der Waals surface area contributed by atoms with Crippen LogP contribution in [0.15, 0.2) is 57.3 Å². The Morgan fingerprint density at radius 1 is 1.31 bits per heavy atom. The van der Waals surface area contributed by atoms with Gasteiger partial charge in [0.25, 0.3) is 5.56 Å². The summed E-state index contributed by atoms with van der Waals surface area (Å²) >= 11 is 0. The van der Waals surface area contributed by atoms with Crippen LogP contribution >= 0.6 is 7.75 Å². The summed E-state index contributed by atoms with van der Waals surface area (Å²) in [7, 11) is -3.97. The second kappa shape index (κ2) is 11.0. The average molecular weight is 522 g/mol. The molecule has 194 valence electrons. The van der Waals surface area contributed by atoms with Crippen LogP contribution in [0.25, 0.3) is 10.4 Å². The van der Waals surface area contributed by atoms with E-state index in [9.17, 15) is 19.3 Å². The summed E-state index contributed by atoms with van der Waals surface area (Å²) in [6.07, 6.45) is -1.53. The van der Waals surface area contributed by atoms with E-state index in [-0.39, 0.29) is 6.04 Å². The van der Waals surface area contributed by atoms with Crippen LogP contribution in [0.2, 0.25) is 0 Å². The van der Waals surface area contributed by atoms with Gasteiger partial charge in [0.2, 0.25) is 0 Å². The van der Waals surface area contributed by atoms with Crippen LogP contribution in [-0.2, 0) is 18.6 Å². The van der Waals surface area contributed by atoms with Gasteiger partial charge in [-0.25, -0.2) is 14.4 Å². The van der Waals surface area contributed by atoms with Crippen molar-refractivity contribution in [2.75, 3.05) is 19.8 Å². The SMILES string of the molecule is C[C@@]1(N=[N+]=[N-])[C@H](O)[C@@H](COP(=O)(NC2CCOCC2)Oc2ccccc2)O[C@H]1n1ccc(=O)[nH]c1=O. The lowest BCUT2D eigenvalue weighted by molar-refractivity contribution is -0.0458. The van der Waals surface area contributed by atoms with Gasteiger partial charge in [0, 0.05) is 36.4 Å². The molecule has 1 aromatic carbocycles. The van der Waals surface area contributed by atoms with Crippen molar-refractivity contribution in [3.63, 3.8) is 0 Å². The topological polar surface area (TPSA) is 190 Å². The number of aliphatic hydroxyl groups excluding tert-OH is 1. The van der Waals surface area contributed by atoms with E-state index in [1.54, 1.807) is 30.3 Å². The van der Waals surface area contributed by atoms with Gasteiger partial charge in [-0.3, -0.25) is 18.9 Å². The molecule has 4 rings (SSSR count). The van der Waals surface area contributed by atoms with Crippen molar-refractivity contribution in [3.8, 4) is 5.75 Å². The Hall–Kier alpha value is -2.96. The van der Waals surface area contributed by atoms with Crippen LogP contribution in [0.3, 0.4) is 0 Å². The van der Waals surface area contributed by atoms with Gasteiger partial charge in [0.05, 0.1) is 12.7 Å². The summed E-state index contributed by atoms with van der Waals surface area (Å²) in [4.78, 5) is 28.7. The molecule has 0 saturated carbocycles. The summed E-state index contributed by atoms with van der Waals surface area (Å²) < 4.78 is 37.4. The van der Waals surface area contributed by atoms with E-state index >= 15 is 0 Å². The Morgan fingerprint density at radius 3 is 2.69 bits per heavy atom. The van der Waals surface area contributed by atoms with Gasteiger partial charge in [-0.2, -0.15) is 0 Å². The number of nitrogens with zero attached hydrogens (tertiary/aromatic N) is 4. The van der Waals surface area contributed by atoms with Crippen LogP contribution < -0.4 is 20.9 Å². The molecular formula is C21H27N6O8P. The van der Waals surface area contributed by atoms with Gasteiger partial charge in [0.1, 0.15) is 17.4 Å². The molecule has 0 spiro atoms. The van der Waals surface area contributed by atoms with Crippen molar-refractivity contribution in [3.05, 3.63) is 73.9 Å². The van der Waals surface area contributed by atoms with Gasteiger partial charge in [0.15, 0.2) is 6.23 Å². The number of rotatable bonds is 9. The number of hydrogen-bond acceptors (Lipinski definition) is 9. The lowest BCUT2D eigenvalue weighted by Gasteiger charge is -2.29. The molecule has 2 aliphatic heterocycles. The number of azide groups is 1. The fraction of sp³-hybridized carbons (Fsp3) is 0.524. The predicted octanol–water partition coefficient (Wildman–Crippen LogP) is 1.84. The lowest BCUT2D eigenvalue weighted by Crippen LogP contribution is -2.45. The number of hydrogen-bond donors (Lipinski definition) is 3. The predicted molar refractivity (Wildman–Crippen MR) is 126 cm³/mol. The van der Waals surface area contributed by atoms with E-state index in [4.69, 9.17) is 24.1 Å². The summed E-state index contributed by atoms with van der Waals surface area (Å²) in [5.74, 6) is 0.310. The first-order valence-corrected chi connectivity index (χ1v) is 12.8. The number of aromatic amines is 1. The maximum Gasteiger partial charge on any atom is 0.459 e. The first-order chi connectivity index (χ1) is 17.2. The minimum Gasteiger partial charge on any atom is -0.413 e. The monoisotopic (exact) mass is 522 g/mol. The fourth-order valence-electron chi connectivity index (χ4n) is 4.13. The molecule has 0 aliphatic carbocycles. The summed E-state index contributed by atoms with van der Waals surface area (Å²) in [5, 5.41) is 17.6. The Morgan fingerprint density at radius 2 is 2.03 bits per heavy atom. The smallest absolute Gasteiger partial charge is 0.413 e. The molecular weight excluding hydrogens is 495 g/mol. The second-order valence-electron chi connectivity index (χ2n) is 8.62. The molecule has 15 heteroatoms. The molecule has 1 aromatic heterocycles. The zero-order chi connectivity index (χ0) is 25.8. The highest BCUT2D eigenvalue weighted by molar-refractivity contribution is 7.52. The van der Waals surface area contributed by atoms with Crippen molar-refractivity contribution >= 4 is 7.75 Å². The van der Waals surface area contributed by atoms with Crippen molar-refractivity contribution in [1.29, 1.82) is 0 Å². The van der Waals surface area contributed by atoms with E-state index in [0.29, 0.717) is 31.8 Å². The summed E-state index contributed by atoms with van der Waals surface area (Å²) in [5.41, 5.74) is 6.01. The number of aromatic nitrogens is 2. The first kappa shape index (κ1) is 26.1. The van der Waals surface area contributed by atoms with Crippen LogP contribution in [0.1, 0.15) is 26.0 Å². The van der Waals surface area contributed by atoms with E-state index in [1.807, 2.05) is 0 Å². The van der Waals surface area contributed by atoms with Gasteiger partial charge in [-0.15, -0.1) is 0 Å². The van der Waals surface area contributed by atoms with Crippen molar-refractivity contribution in [2.45, 2.75) is 49.8 Å². The third-order valence-corrected chi connectivity index (χ3v) is 7.68. The molecule has 1 unspecified atom stereocenters. The molecule has 5 atom stereocenters. The average Bonchev–Trinajstić information content (AvgIpc) is 3.09. The normalized spacial score (nSPS) is 28.2. The second-order valence-corrected chi connectivity index (χ2v) is 10.3. The van der Waals surface area contributed by atoms with Gasteiger partial charge >= 0.3 is 13.4 Å². The molecule has 0 bridgehead atoms. The maximum atomic E-state index is 13.7.